The number of aromatic nitrogens is 2. The Hall–Kier alpha value is -3.18. The molecule has 0 unspecified atom stereocenters. The Balaban J connectivity index is 1.82. The van der Waals surface area contributed by atoms with Crippen LogP contribution in [0.1, 0.15) is 45.2 Å². The number of ether oxygens (including phenoxy) is 1. The van der Waals surface area contributed by atoms with E-state index in [1.165, 1.54) is 0 Å². The second-order valence-corrected chi connectivity index (χ2v) is 6.23. The average molecular weight is 367 g/mol. The maximum absolute atomic E-state index is 12.7. The van der Waals surface area contributed by atoms with Crippen molar-refractivity contribution in [1.29, 1.82) is 5.26 Å². The number of methoxy groups -OCH3 is 1. The average Bonchev–Trinajstić information content (AvgIpc) is 3.09. The van der Waals surface area contributed by atoms with Gasteiger partial charge in [-0.25, -0.2) is 4.98 Å². The summed E-state index contributed by atoms with van der Waals surface area (Å²) in [5.41, 5.74) is 2.14. The van der Waals surface area contributed by atoms with Crippen molar-refractivity contribution in [3.8, 4) is 6.07 Å². The highest BCUT2D eigenvalue weighted by molar-refractivity contribution is 6.05. The first-order chi connectivity index (χ1) is 13.1. The number of hydrogen-bond acceptors (Lipinski definition) is 5. The lowest BCUT2D eigenvalue weighted by Crippen LogP contribution is -2.30. The number of nitrogens with one attached hydrogen (secondary N) is 2. The van der Waals surface area contributed by atoms with Crippen LogP contribution in [0.5, 0.6) is 0 Å². The van der Waals surface area contributed by atoms with Crippen LogP contribution in [0.2, 0.25) is 0 Å². The van der Waals surface area contributed by atoms with Gasteiger partial charge in [0.05, 0.1) is 23.9 Å². The number of hydrogen-bond donors (Lipinski definition) is 2. The Morgan fingerprint density at radius 1 is 1.26 bits per heavy atom. The molecule has 0 spiro atoms. The summed E-state index contributed by atoms with van der Waals surface area (Å²) in [5.74, 6) is -0.417. The molecule has 2 aromatic rings. The van der Waals surface area contributed by atoms with E-state index in [0.29, 0.717) is 37.4 Å². The molecule has 1 aromatic heterocycles. The molecule has 140 valence electrons. The number of imidazole rings is 1. The van der Waals surface area contributed by atoms with Crippen molar-refractivity contribution in [2.24, 2.45) is 0 Å². The summed E-state index contributed by atoms with van der Waals surface area (Å²) < 4.78 is 6.77. The van der Waals surface area contributed by atoms with Gasteiger partial charge in [0.15, 0.2) is 11.5 Å². The fourth-order valence-electron chi connectivity index (χ4n) is 3.06. The highest BCUT2D eigenvalue weighted by Crippen LogP contribution is 2.22. The van der Waals surface area contributed by atoms with Crippen molar-refractivity contribution in [3.05, 3.63) is 47.0 Å². The Morgan fingerprint density at radius 2 is 2.04 bits per heavy atom. The molecule has 1 aliphatic heterocycles. The number of anilines is 1. The number of carbonyl (C=O) groups excluding carboxylic acids is 2. The highest BCUT2D eigenvalue weighted by atomic mass is 16.5. The van der Waals surface area contributed by atoms with Gasteiger partial charge in [-0.1, -0.05) is 0 Å². The molecule has 0 fully saturated rings. The number of rotatable bonds is 6. The van der Waals surface area contributed by atoms with Gasteiger partial charge in [0.2, 0.25) is 0 Å². The number of nitriles is 1. The van der Waals surface area contributed by atoms with Gasteiger partial charge in [-0.2, -0.15) is 5.26 Å². The molecule has 0 saturated carbocycles. The van der Waals surface area contributed by atoms with Crippen molar-refractivity contribution < 1.29 is 14.3 Å². The number of nitrogens with zero attached hydrogens (tertiary/aromatic N) is 3. The predicted molar refractivity (Wildman–Crippen MR) is 98.5 cm³/mol. The van der Waals surface area contributed by atoms with Crippen LogP contribution in [0, 0.1) is 11.3 Å². The van der Waals surface area contributed by atoms with E-state index in [4.69, 9.17) is 10.00 Å². The van der Waals surface area contributed by atoms with Crippen LogP contribution in [-0.4, -0.2) is 41.6 Å². The van der Waals surface area contributed by atoms with Crippen LogP contribution < -0.4 is 10.6 Å². The lowest BCUT2D eigenvalue weighted by molar-refractivity contribution is 0.0921. The second-order valence-electron chi connectivity index (χ2n) is 6.23. The van der Waals surface area contributed by atoms with Crippen LogP contribution >= 0.6 is 0 Å². The summed E-state index contributed by atoms with van der Waals surface area (Å²) in [7, 11) is 1.56. The molecule has 0 atom stereocenters. The summed E-state index contributed by atoms with van der Waals surface area (Å²) in [5, 5.41) is 14.4. The third kappa shape index (κ3) is 4.15. The molecule has 2 N–H and O–H groups in total. The van der Waals surface area contributed by atoms with E-state index >= 15 is 0 Å². The van der Waals surface area contributed by atoms with Gasteiger partial charge in [0.1, 0.15) is 0 Å². The van der Waals surface area contributed by atoms with Crippen molar-refractivity contribution in [2.75, 3.05) is 25.6 Å². The van der Waals surface area contributed by atoms with Gasteiger partial charge in [0.25, 0.3) is 11.8 Å². The molecule has 27 heavy (non-hydrogen) atoms. The summed E-state index contributed by atoms with van der Waals surface area (Å²) >= 11 is 0. The van der Waals surface area contributed by atoms with E-state index in [2.05, 4.69) is 15.6 Å². The smallest absolute Gasteiger partial charge is 0.287 e. The molecule has 0 saturated heterocycles. The van der Waals surface area contributed by atoms with Gasteiger partial charge >= 0.3 is 0 Å². The van der Waals surface area contributed by atoms with Crippen LogP contribution in [-0.2, 0) is 17.7 Å². The van der Waals surface area contributed by atoms with Crippen molar-refractivity contribution in [2.45, 2.75) is 25.8 Å². The molecular weight excluding hydrogens is 346 g/mol. The number of amides is 2. The van der Waals surface area contributed by atoms with Crippen LogP contribution in [0.4, 0.5) is 5.69 Å². The fraction of sp³-hybridized carbons (Fsp3) is 0.368. The van der Waals surface area contributed by atoms with Gasteiger partial charge in [-0.15, -0.1) is 0 Å². The minimum Gasteiger partial charge on any atom is -0.383 e. The zero-order valence-electron chi connectivity index (χ0n) is 15.1. The lowest BCUT2D eigenvalue weighted by atomic mass is 10.1. The molecule has 0 aliphatic carbocycles. The Morgan fingerprint density at radius 3 is 2.74 bits per heavy atom. The van der Waals surface area contributed by atoms with Gasteiger partial charge in [-0.3, -0.25) is 9.59 Å². The Kier molecular flexibility index (Phi) is 5.84. The molecular formula is C19H21N5O3. The van der Waals surface area contributed by atoms with E-state index in [0.717, 1.165) is 18.5 Å². The molecule has 2 amide bonds. The first-order valence-corrected chi connectivity index (χ1v) is 8.82. The largest absolute Gasteiger partial charge is 0.383 e. The first-order valence-electron chi connectivity index (χ1n) is 8.82. The molecule has 0 radical (unpaired) electrons. The molecule has 2 heterocycles. The molecule has 8 nitrogen and oxygen atoms in total. The zero-order valence-corrected chi connectivity index (χ0v) is 15.1. The quantitative estimate of drug-likeness (QED) is 0.756. The van der Waals surface area contributed by atoms with Gasteiger partial charge in [-0.05, 0) is 43.5 Å². The zero-order chi connectivity index (χ0) is 19.2. The topological polar surface area (TPSA) is 109 Å². The molecule has 1 aliphatic rings. The third-order valence-corrected chi connectivity index (χ3v) is 4.40. The van der Waals surface area contributed by atoms with E-state index in [9.17, 15) is 9.59 Å². The van der Waals surface area contributed by atoms with Crippen molar-refractivity contribution in [3.63, 3.8) is 0 Å². The second kappa shape index (κ2) is 8.47. The van der Waals surface area contributed by atoms with E-state index in [1.54, 1.807) is 31.4 Å². The van der Waals surface area contributed by atoms with Gasteiger partial charge < -0.3 is 19.9 Å². The maximum atomic E-state index is 12.7. The summed E-state index contributed by atoms with van der Waals surface area (Å²) in [6.45, 7) is 1.45. The molecule has 0 bridgehead atoms. The van der Waals surface area contributed by atoms with Crippen LogP contribution in [0.15, 0.2) is 24.3 Å². The maximum Gasteiger partial charge on any atom is 0.287 e. The highest BCUT2D eigenvalue weighted by Gasteiger charge is 2.27. The van der Waals surface area contributed by atoms with E-state index in [-0.39, 0.29) is 23.3 Å². The number of benzene rings is 1. The predicted octanol–water partition coefficient (Wildman–Crippen LogP) is 1.72. The number of fused-ring (bicyclic) bond motifs is 1. The Bertz CT molecular complexity index is 880. The van der Waals surface area contributed by atoms with Crippen LogP contribution in [0.3, 0.4) is 0 Å². The first kappa shape index (κ1) is 18.6. The molecule has 1 aromatic carbocycles. The van der Waals surface area contributed by atoms with Gasteiger partial charge in [0, 0.05) is 25.9 Å². The number of carbonyl (C=O) groups is 2. The monoisotopic (exact) mass is 367 g/mol. The summed E-state index contributed by atoms with van der Waals surface area (Å²) in [6, 6.07) is 8.63. The Labute approximate surface area is 157 Å². The minimum atomic E-state index is -0.360. The molecule has 8 heteroatoms. The fourth-order valence-corrected chi connectivity index (χ4v) is 3.06. The van der Waals surface area contributed by atoms with E-state index in [1.807, 2.05) is 10.6 Å². The SMILES string of the molecule is COCCNC(=O)c1nc(C(=O)Nc2ccc(C#N)cc2)c2n1CCCC2. The summed E-state index contributed by atoms with van der Waals surface area (Å²) in [6.07, 6.45) is 2.60. The minimum absolute atomic E-state index is 0.255. The van der Waals surface area contributed by atoms with Crippen molar-refractivity contribution >= 4 is 17.5 Å². The van der Waals surface area contributed by atoms with E-state index < -0.39 is 0 Å². The third-order valence-electron chi connectivity index (χ3n) is 4.40. The molecule has 3 rings (SSSR count). The lowest BCUT2D eigenvalue weighted by Gasteiger charge is -2.17. The summed E-state index contributed by atoms with van der Waals surface area (Å²) in [4.78, 5) is 29.5. The van der Waals surface area contributed by atoms with Crippen molar-refractivity contribution in [1.82, 2.24) is 14.9 Å². The standard InChI is InChI=1S/C19H21N5O3/c1-27-11-9-21-19(26)17-23-16(15-4-2-3-10-24(15)17)18(25)22-14-7-5-13(12-20)6-8-14/h5-8H,2-4,9-11H2,1H3,(H,21,26)(H,22,25). The van der Waals surface area contributed by atoms with Crippen LogP contribution in [0.25, 0.3) is 0 Å². The normalized spacial score (nSPS) is 12.7.